The fourth-order valence-electron chi connectivity index (χ4n) is 2.29. The second-order valence-electron chi connectivity index (χ2n) is 7.95. The van der Waals surface area contributed by atoms with Crippen molar-refractivity contribution in [2.24, 2.45) is 5.41 Å². The molecule has 0 amide bonds. The standard InChI is InChI=1S/C17H32O2Si/c1-16(2,3)20(5,6)19-14-9-7-8-12-17(4)13-10-11-15(17)18/h10-11H,7-9,12-14H2,1-6H3. The lowest BCUT2D eigenvalue weighted by Crippen LogP contribution is -2.40. The van der Waals surface area contributed by atoms with E-state index in [1.807, 2.05) is 6.08 Å². The van der Waals surface area contributed by atoms with Gasteiger partial charge in [0.15, 0.2) is 14.1 Å². The van der Waals surface area contributed by atoms with E-state index in [0.29, 0.717) is 10.8 Å². The summed E-state index contributed by atoms with van der Waals surface area (Å²) in [4.78, 5) is 11.8. The smallest absolute Gasteiger partial charge is 0.191 e. The van der Waals surface area contributed by atoms with Crippen LogP contribution in [0.5, 0.6) is 0 Å². The maximum Gasteiger partial charge on any atom is 0.191 e. The van der Waals surface area contributed by atoms with Crippen LogP contribution in [0.25, 0.3) is 0 Å². The Labute approximate surface area is 126 Å². The summed E-state index contributed by atoms with van der Waals surface area (Å²) in [5.74, 6) is 0.315. The van der Waals surface area contributed by atoms with Gasteiger partial charge in [-0.15, -0.1) is 0 Å². The van der Waals surface area contributed by atoms with Crippen molar-refractivity contribution in [2.75, 3.05) is 6.61 Å². The van der Waals surface area contributed by atoms with Crippen LogP contribution >= 0.6 is 0 Å². The summed E-state index contributed by atoms with van der Waals surface area (Å²) < 4.78 is 6.17. The molecule has 0 spiro atoms. The average molecular weight is 297 g/mol. The third kappa shape index (κ3) is 4.56. The molecule has 1 rings (SSSR count). The molecule has 2 nitrogen and oxygen atoms in total. The van der Waals surface area contributed by atoms with Crippen LogP contribution in [0.2, 0.25) is 18.1 Å². The predicted molar refractivity (Wildman–Crippen MR) is 88.5 cm³/mol. The molecular weight excluding hydrogens is 264 g/mol. The van der Waals surface area contributed by atoms with Crippen molar-refractivity contribution in [1.82, 2.24) is 0 Å². The second-order valence-corrected chi connectivity index (χ2v) is 12.8. The number of rotatable bonds is 7. The minimum Gasteiger partial charge on any atom is -0.417 e. The van der Waals surface area contributed by atoms with Crippen molar-refractivity contribution in [3.8, 4) is 0 Å². The SMILES string of the molecule is CC1(CCCCCO[Si](C)(C)C(C)(C)C)CC=CC1=O. The van der Waals surface area contributed by atoms with E-state index in [1.165, 1.54) is 0 Å². The van der Waals surface area contributed by atoms with E-state index >= 15 is 0 Å². The first kappa shape index (κ1) is 17.6. The summed E-state index contributed by atoms with van der Waals surface area (Å²) in [5.41, 5.74) is -0.111. The quantitative estimate of drug-likeness (QED) is 0.482. The van der Waals surface area contributed by atoms with E-state index in [4.69, 9.17) is 4.43 Å². The molecule has 0 saturated carbocycles. The van der Waals surface area contributed by atoms with Gasteiger partial charge in [0.1, 0.15) is 0 Å². The fourth-order valence-corrected chi connectivity index (χ4v) is 3.38. The van der Waals surface area contributed by atoms with Crippen molar-refractivity contribution in [1.29, 1.82) is 0 Å². The highest BCUT2D eigenvalue weighted by atomic mass is 28.4. The molecule has 3 heteroatoms. The predicted octanol–water partition coefficient (Wildman–Crippen LogP) is 5.10. The summed E-state index contributed by atoms with van der Waals surface area (Å²) >= 11 is 0. The highest BCUT2D eigenvalue weighted by Gasteiger charge is 2.37. The van der Waals surface area contributed by atoms with Crippen molar-refractivity contribution in [3.63, 3.8) is 0 Å². The van der Waals surface area contributed by atoms with Gasteiger partial charge in [0, 0.05) is 12.0 Å². The summed E-state index contributed by atoms with van der Waals surface area (Å²) in [5, 5.41) is 0.294. The molecule has 0 bridgehead atoms. The van der Waals surface area contributed by atoms with Gasteiger partial charge in [0.2, 0.25) is 0 Å². The molecule has 0 N–H and O–H groups in total. The Morgan fingerprint density at radius 3 is 2.40 bits per heavy atom. The molecule has 20 heavy (non-hydrogen) atoms. The van der Waals surface area contributed by atoms with Crippen LogP contribution < -0.4 is 0 Å². The Bertz CT molecular complexity index is 366. The molecule has 0 fully saturated rings. The zero-order chi connectivity index (χ0) is 15.4. The molecule has 0 radical (unpaired) electrons. The zero-order valence-electron chi connectivity index (χ0n) is 14.2. The topological polar surface area (TPSA) is 26.3 Å². The van der Waals surface area contributed by atoms with Crippen LogP contribution in [0.15, 0.2) is 12.2 Å². The molecule has 0 aromatic carbocycles. The van der Waals surface area contributed by atoms with Crippen LogP contribution in [-0.2, 0) is 9.22 Å². The van der Waals surface area contributed by atoms with Crippen molar-refractivity contribution < 1.29 is 9.22 Å². The first-order chi connectivity index (χ1) is 9.08. The maximum atomic E-state index is 11.8. The van der Waals surface area contributed by atoms with Crippen LogP contribution in [0, 0.1) is 5.41 Å². The molecule has 1 unspecified atom stereocenters. The van der Waals surface area contributed by atoms with Gasteiger partial charge in [-0.2, -0.15) is 0 Å². The first-order valence-corrected chi connectivity index (χ1v) is 10.8. The Morgan fingerprint density at radius 1 is 1.25 bits per heavy atom. The van der Waals surface area contributed by atoms with E-state index in [0.717, 1.165) is 38.7 Å². The van der Waals surface area contributed by atoms with E-state index < -0.39 is 8.32 Å². The summed E-state index contributed by atoms with van der Waals surface area (Å²) in [6, 6.07) is 0. The third-order valence-corrected chi connectivity index (χ3v) is 9.61. The Morgan fingerprint density at radius 2 is 1.90 bits per heavy atom. The summed E-state index contributed by atoms with van der Waals surface area (Å²) in [6.45, 7) is 14.4. The minimum atomic E-state index is -1.58. The van der Waals surface area contributed by atoms with Gasteiger partial charge in [-0.1, -0.05) is 46.6 Å². The monoisotopic (exact) mass is 296 g/mol. The van der Waals surface area contributed by atoms with E-state index in [2.05, 4.69) is 40.8 Å². The van der Waals surface area contributed by atoms with E-state index in [1.54, 1.807) is 6.08 Å². The molecule has 116 valence electrons. The molecule has 0 aromatic rings. The number of carbonyl (C=O) groups excluding carboxylic acids is 1. The van der Waals surface area contributed by atoms with Gasteiger partial charge in [-0.05, 0) is 43.5 Å². The third-order valence-electron chi connectivity index (χ3n) is 5.07. The first-order valence-electron chi connectivity index (χ1n) is 7.93. The highest BCUT2D eigenvalue weighted by Crippen LogP contribution is 2.37. The second kappa shape index (κ2) is 6.57. The molecule has 1 aliphatic rings. The number of carbonyl (C=O) groups is 1. The van der Waals surface area contributed by atoms with Gasteiger partial charge in [0.25, 0.3) is 0 Å². The van der Waals surface area contributed by atoms with Gasteiger partial charge in [-0.25, -0.2) is 0 Å². The Balaban J connectivity index is 2.16. The molecule has 0 saturated heterocycles. The van der Waals surface area contributed by atoms with Crippen LogP contribution in [0.1, 0.15) is 59.8 Å². The van der Waals surface area contributed by atoms with E-state index in [-0.39, 0.29) is 5.41 Å². The number of allylic oxidation sites excluding steroid dienone is 2. The van der Waals surface area contributed by atoms with Crippen LogP contribution in [-0.4, -0.2) is 20.7 Å². The number of ketones is 1. The largest absolute Gasteiger partial charge is 0.417 e. The summed E-state index contributed by atoms with van der Waals surface area (Å²) in [6.07, 6.45) is 9.11. The van der Waals surface area contributed by atoms with Crippen LogP contribution in [0.4, 0.5) is 0 Å². The fraction of sp³-hybridized carbons (Fsp3) is 0.824. The number of hydrogen-bond donors (Lipinski definition) is 0. The lowest BCUT2D eigenvalue weighted by atomic mass is 9.81. The molecule has 0 heterocycles. The number of unbranched alkanes of at least 4 members (excludes halogenated alkanes) is 2. The Hall–Kier alpha value is -0.413. The van der Waals surface area contributed by atoms with Crippen molar-refractivity contribution >= 4 is 14.1 Å². The normalized spacial score (nSPS) is 23.6. The molecule has 0 aromatic heterocycles. The average Bonchev–Trinajstić information content (AvgIpc) is 2.63. The molecule has 1 aliphatic carbocycles. The highest BCUT2D eigenvalue weighted by molar-refractivity contribution is 6.74. The minimum absolute atomic E-state index is 0.111. The molecule has 0 aliphatic heterocycles. The van der Waals surface area contributed by atoms with Crippen LogP contribution in [0.3, 0.4) is 0 Å². The zero-order valence-corrected chi connectivity index (χ0v) is 15.2. The lowest BCUT2D eigenvalue weighted by molar-refractivity contribution is -0.122. The van der Waals surface area contributed by atoms with Gasteiger partial charge < -0.3 is 4.43 Å². The Kier molecular flexibility index (Phi) is 5.79. The van der Waals surface area contributed by atoms with Gasteiger partial charge in [-0.3, -0.25) is 4.79 Å². The summed E-state index contributed by atoms with van der Waals surface area (Å²) in [7, 11) is -1.58. The lowest BCUT2D eigenvalue weighted by Gasteiger charge is -2.36. The van der Waals surface area contributed by atoms with E-state index in [9.17, 15) is 4.79 Å². The number of hydrogen-bond acceptors (Lipinski definition) is 2. The van der Waals surface area contributed by atoms with Crippen molar-refractivity contribution in [3.05, 3.63) is 12.2 Å². The molecule has 1 atom stereocenters. The van der Waals surface area contributed by atoms with Gasteiger partial charge >= 0.3 is 0 Å². The van der Waals surface area contributed by atoms with Gasteiger partial charge in [0.05, 0.1) is 0 Å². The maximum absolute atomic E-state index is 11.8. The van der Waals surface area contributed by atoms with Crippen molar-refractivity contribution in [2.45, 2.75) is 77.9 Å². The molecular formula is C17H32O2Si.